The molecule has 0 spiro atoms. The maximum atomic E-state index is 10.8. The molecule has 0 bridgehead atoms. The Hall–Kier alpha value is -0.910. The van der Waals surface area contributed by atoms with Gasteiger partial charge in [0.15, 0.2) is 5.16 Å². The zero-order valence-corrected chi connectivity index (χ0v) is 14.1. The number of hydrogen-bond donors (Lipinski definition) is 1. The third-order valence-corrected chi connectivity index (χ3v) is 4.83. The Kier molecular flexibility index (Phi) is 5.41. The number of aromatic nitrogens is 2. The first kappa shape index (κ1) is 16.5. The first-order valence-corrected chi connectivity index (χ1v) is 8.39. The molecule has 1 unspecified atom stereocenters. The van der Waals surface area contributed by atoms with Crippen LogP contribution in [-0.4, -0.2) is 26.4 Å². The van der Waals surface area contributed by atoms with E-state index in [1.165, 1.54) is 11.8 Å². The number of imidazole rings is 1. The van der Waals surface area contributed by atoms with Crippen LogP contribution in [-0.2, 0) is 4.79 Å². The predicted octanol–water partition coefficient (Wildman–Crippen LogP) is 4.88. The van der Waals surface area contributed by atoms with Gasteiger partial charge in [0.05, 0.1) is 26.8 Å². The van der Waals surface area contributed by atoms with Crippen LogP contribution in [0.5, 0.6) is 0 Å². The molecule has 1 N–H and O–H groups in total. The fraction of sp³-hybridized carbons (Fsp3) is 0.429. The van der Waals surface area contributed by atoms with Gasteiger partial charge in [-0.1, -0.05) is 48.3 Å². The summed E-state index contributed by atoms with van der Waals surface area (Å²) in [5.41, 5.74) is 1.62. The van der Waals surface area contributed by atoms with E-state index < -0.39 is 5.97 Å². The van der Waals surface area contributed by atoms with E-state index in [4.69, 9.17) is 28.3 Å². The highest BCUT2D eigenvalue weighted by atomic mass is 35.5. The highest BCUT2D eigenvalue weighted by Gasteiger charge is 2.18. The van der Waals surface area contributed by atoms with Gasteiger partial charge < -0.3 is 9.67 Å². The van der Waals surface area contributed by atoms with Gasteiger partial charge in [0.25, 0.3) is 0 Å². The fourth-order valence-electron chi connectivity index (χ4n) is 2.27. The number of thioether (sulfide) groups is 1. The zero-order chi connectivity index (χ0) is 15.6. The minimum atomic E-state index is -0.863. The molecule has 1 aromatic carbocycles. The molecule has 0 aliphatic carbocycles. The Bertz CT molecular complexity index is 673. The molecule has 0 saturated carbocycles. The number of rotatable bonds is 6. The molecule has 2 aromatic rings. The van der Waals surface area contributed by atoms with Crippen LogP contribution in [0.25, 0.3) is 11.0 Å². The summed E-state index contributed by atoms with van der Waals surface area (Å²) in [5.74, 6) is -0.887. The van der Waals surface area contributed by atoms with Crippen molar-refractivity contribution in [2.45, 2.75) is 37.9 Å². The van der Waals surface area contributed by atoms with E-state index >= 15 is 0 Å². The Morgan fingerprint density at radius 1 is 1.43 bits per heavy atom. The van der Waals surface area contributed by atoms with Crippen molar-refractivity contribution in [2.75, 3.05) is 5.75 Å². The van der Waals surface area contributed by atoms with Crippen LogP contribution >= 0.6 is 35.0 Å². The Morgan fingerprint density at radius 3 is 2.71 bits per heavy atom. The van der Waals surface area contributed by atoms with Crippen LogP contribution in [0.2, 0.25) is 10.0 Å². The summed E-state index contributed by atoms with van der Waals surface area (Å²) >= 11 is 13.4. The lowest BCUT2D eigenvalue weighted by atomic mass is 10.2. The van der Waals surface area contributed by atoms with Gasteiger partial charge in [-0.15, -0.1) is 0 Å². The lowest BCUT2D eigenvalue weighted by Gasteiger charge is -2.16. The molecule has 2 rings (SSSR count). The van der Waals surface area contributed by atoms with Gasteiger partial charge in [-0.25, -0.2) is 4.98 Å². The van der Waals surface area contributed by atoms with Gasteiger partial charge in [0.2, 0.25) is 0 Å². The normalized spacial score (nSPS) is 12.8. The molecule has 4 nitrogen and oxygen atoms in total. The van der Waals surface area contributed by atoms with Gasteiger partial charge in [0, 0.05) is 6.04 Å². The van der Waals surface area contributed by atoms with Crippen molar-refractivity contribution in [3.63, 3.8) is 0 Å². The first-order chi connectivity index (χ1) is 9.93. The average molecular weight is 347 g/mol. The van der Waals surface area contributed by atoms with Gasteiger partial charge in [-0.05, 0) is 25.5 Å². The number of benzene rings is 1. The summed E-state index contributed by atoms with van der Waals surface area (Å²) in [4.78, 5) is 15.3. The van der Waals surface area contributed by atoms with Crippen LogP contribution < -0.4 is 0 Å². The van der Waals surface area contributed by atoms with E-state index in [1.54, 1.807) is 12.1 Å². The monoisotopic (exact) mass is 346 g/mol. The molecule has 0 aliphatic heterocycles. The number of carboxylic acid groups (broad SMARTS) is 1. The van der Waals surface area contributed by atoms with Crippen molar-refractivity contribution in [3.8, 4) is 0 Å². The summed E-state index contributed by atoms with van der Waals surface area (Å²) in [7, 11) is 0. The lowest BCUT2D eigenvalue weighted by molar-refractivity contribution is -0.133. The molecule has 0 aliphatic rings. The summed E-state index contributed by atoms with van der Waals surface area (Å²) in [5, 5.41) is 10.5. The summed E-state index contributed by atoms with van der Waals surface area (Å²) in [6.45, 7) is 4.21. The third kappa shape index (κ3) is 3.65. The van der Waals surface area contributed by atoms with Crippen molar-refractivity contribution < 1.29 is 9.90 Å². The van der Waals surface area contributed by atoms with Crippen molar-refractivity contribution in [3.05, 3.63) is 22.2 Å². The van der Waals surface area contributed by atoms with Crippen LogP contribution in [0.15, 0.2) is 17.3 Å². The van der Waals surface area contributed by atoms with E-state index in [0.717, 1.165) is 23.9 Å². The van der Waals surface area contributed by atoms with E-state index in [0.29, 0.717) is 15.2 Å². The number of nitrogens with zero attached hydrogens (tertiary/aromatic N) is 2. The highest BCUT2D eigenvalue weighted by molar-refractivity contribution is 7.99. The molecule has 0 amide bonds. The topological polar surface area (TPSA) is 55.1 Å². The van der Waals surface area contributed by atoms with Crippen molar-refractivity contribution >= 4 is 52.0 Å². The quantitative estimate of drug-likeness (QED) is 0.757. The molecule has 1 atom stereocenters. The Morgan fingerprint density at radius 2 is 2.10 bits per heavy atom. The molecular formula is C14H16Cl2N2O2S. The summed E-state index contributed by atoms with van der Waals surface area (Å²) in [6, 6.07) is 3.73. The zero-order valence-electron chi connectivity index (χ0n) is 11.8. The van der Waals surface area contributed by atoms with Crippen molar-refractivity contribution in [2.24, 2.45) is 0 Å². The minimum absolute atomic E-state index is 0.0242. The maximum Gasteiger partial charge on any atom is 0.313 e. The second kappa shape index (κ2) is 6.90. The molecule has 114 valence electrons. The van der Waals surface area contributed by atoms with Gasteiger partial charge >= 0.3 is 5.97 Å². The Balaban J connectivity index is 2.54. The molecular weight excluding hydrogens is 331 g/mol. The maximum absolute atomic E-state index is 10.8. The van der Waals surface area contributed by atoms with E-state index in [-0.39, 0.29) is 11.8 Å². The van der Waals surface area contributed by atoms with Crippen LogP contribution in [0.3, 0.4) is 0 Å². The number of carbonyl (C=O) groups is 1. The molecule has 0 radical (unpaired) electrons. The summed E-state index contributed by atoms with van der Waals surface area (Å²) in [6.07, 6.45) is 2.01. The van der Waals surface area contributed by atoms with E-state index in [9.17, 15) is 4.79 Å². The molecule has 1 aromatic heterocycles. The van der Waals surface area contributed by atoms with Crippen LogP contribution in [0, 0.1) is 0 Å². The molecule has 0 fully saturated rings. The second-order valence-corrected chi connectivity index (χ2v) is 6.60. The minimum Gasteiger partial charge on any atom is -0.481 e. The van der Waals surface area contributed by atoms with Crippen LogP contribution in [0.1, 0.15) is 32.7 Å². The van der Waals surface area contributed by atoms with Gasteiger partial charge in [-0.2, -0.15) is 0 Å². The Labute approximate surface area is 137 Å². The summed E-state index contributed by atoms with van der Waals surface area (Å²) < 4.78 is 2.05. The number of hydrogen-bond acceptors (Lipinski definition) is 3. The molecule has 7 heteroatoms. The van der Waals surface area contributed by atoms with Crippen LogP contribution in [0.4, 0.5) is 0 Å². The van der Waals surface area contributed by atoms with E-state index in [2.05, 4.69) is 23.4 Å². The number of fused-ring (bicyclic) bond motifs is 1. The smallest absolute Gasteiger partial charge is 0.313 e. The standard InChI is InChI=1S/C14H16Cl2N2O2S/c1-3-4-8(2)18-12-6-10(16)9(15)5-11(12)17-14(18)21-7-13(19)20/h5-6,8H,3-4,7H2,1-2H3,(H,19,20). The van der Waals surface area contributed by atoms with Crippen molar-refractivity contribution in [1.82, 2.24) is 9.55 Å². The average Bonchev–Trinajstić information content (AvgIpc) is 2.75. The van der Waals surface area contributed by atoms with E-state index in [1.807, 2.05) is 0 Å². The predicted molar refractivity (Wildman–Crippen MR) is 87.7 cm³/mol. The number of aliphatic carboxylic acids is 1. The largest absolute Gasteiger partial charge is 0.481 e. The SMILES string of the molecule is CCCC(C)n1c(SCC(=O)O)nc2cc(Cl)c(Cl)cc21. The second-order valence-electron chi connectivity index (χ2n) is 4.84. The van der Waals surface area contributed by atoms with Crippen molar-refractivity contribution in [1.29, 1.82) is 0 Å². The molecule has 1 heterocycles. The highest BCUT2D eigenvalue weighted by Crippen LogP contribution is 2.34. The first-order valence-electron chi connectivity index (χ1n) is 6.65. The third-order valence-electron chi connectivity index (χ3n) is 3.17. The fourth-order valence-corrected chi connectivity index (χ4v) is 3.42. The molecule has 0 saturated heterocycles. The molecule has 21 heavy (non-hydrogen) atoms. The number of carboxylic acids is 1. The van der Waals surface area contributed by atoms with Gasteiger partial charge in [-0.3, -0.25) is 4.79 Å². The van der Waals surface area contributed by atoms with Gasteiger partial charge in [0.1, 0.15) is 0 Å². The lowest BCUT2D eigenvalue weighted by Crippen LogP contribution is -2.08. The number of halogens is 2.